The first-order valence-corrected chi connectivity index (χ1v) is 16.3. The molecule has 0 fully saturated rings. The summed E-state index contributed by atoms with van der Waals surface area (Å²) in [7, 11) is 0. The second-order valence-corrected chi connectivity index (χ2v) is 10.5. The second kappa shape index (κ2) is 16.9. The molecule has 4 aromatic carbocycles. The molecule has 0 radical (unpaired) electrons. The summed E-state index contributed by atoms with van der Waals surface area (Å²) < 4.78 is 0. The topological polar surface area (TPSA) is 0 Å². The molecule has 0 aromatic heterocycles. The number of rotatable bonds is 0. The Labute approximate surface area is 259 Å². The van der Waals surface area contributed by atoms with Crippen molar-refractivity contribution >= 4 is 5.57 Å². The van der Waals surface area contributed by atoms with E-state index in [1.54, 1.807) is 0 Å². The van der Waals surface area contributed by atoms with E-state index in [0.717, 1.165) is 0 Å². The summed E-state index contributed by atoms with van der Waals surface area (Å²) in [5.41, 5.74) is 18.1. The van der Waals surface area contributed by atoms with Crippen LogP contribution in [0.2, 0.25) is 0 Å². The predicted octanol–water partition coefficient (Wildman–Crippen LogP) is 13.4. The van der Waals surface area contributed by atoms with Gasteiger partial charge in [0.05, 0.1) is 0 Å². The molecule has 0 nitrogen and oxygen atoms in total. The van der Waals surface area contributed by atoms with E-state index < -0.39 is 0 Å². The lowest BCUT2D eigenvalue weighted by Crippen LogP contribution is -2.15. The molecule has 0 bridgehead atoms. The van der Waals surface area contributed by atoms with E-state index in [0.29, 0.717) is 0 Å². The van der Waals surface area contributed by atoms with Crippen LogP contribution in [0.15, 0.2) is 78.9 Å². The van der Waals surface area contributed by atoms with Crippen LogP contribution in [0.25, 0.3) is 27.8 Å². The van der Waals surface area contributed by atoms with Gasteiger partial charge in [0.1, 0.15) is 0 Å². The van der Waals surface area contributed by atoms with Gasteiger partial charge >= 0.3 is 0 Å². The zero-order valence-electron chi connectivity index (χ0n) is 29.5. The lowest BCUT2D eigenvalue weighted by Gasteiger charge is -2.22. The van der Waals surface area contributed by atoms with Crippen LogP contribution in [-0.4, -0.2) is 0 Å². The van der Waals surface area contributed by atoms with Crippen LogP contribution in [0.1, 0.15) is 121 Å². The molecule has 0 atom stereocenters. The van der Waals surface area contributed by atoms with Crippen molar-refractivity contribution in [3.05, 3.63) is 123 Å². The first-order chi connectivity index (χ1) is 20.2. The van der Waals surface area contributed by atoms with Crippen molar-refractivity contribution in [2.45, 2.75) is 109 Å². The fraction of sp³-hybridized carbons (Fsp3) is 0.381. The summed E-state index contributed by atoms with van der Waals surface area (Å²) in [6.45, 7) is 31.4. The van der Waals surface area contributed by atoms with Crippen molar-refractivity contribution in [2.75, 3.05) is 0 Å². The van der Waals surface area contributed by atoms with Gasteiger partial charge in [0, 0.05) is 5.41 Å². The van der Waals surface area contributed by atoms with E-state index >= 15 is 0 Å². The van der Waals surface area contributed by atoms with E-state index in [1.165, 1.54) is 72.3 Å². The zero-order valence-corrected chi connectivity index (χ0v) is 29.5. The summed E-state index contributed by atoms with van der Waals surface area (Å²) in [4.78, 5) is 0. The number of hydrogen-bond donors (Lipinski definition) is 0. The highest BCUT2D eigenvalue weighted by Crippen LogP contribution is 2.49. The molecule has 0 spiro atoms. The zero-order chi connectivity index (χ0) is 32.2. The average molecular weight is 563 g/mol. The van der Waals surface area contributed by atoms with Crippen LogP contribution in [-0.2, 0) is 5.41 Å². The Hall–Kier alpha value is -3.38. The van der Waals surface area contributed by atoms with Crippen molar-refractivity contribution in [1.82, 2.24) is 0 Å². The molecule has 0 heterocycles. The van der Waals surface area contributed by atoms with E-state index in [-0.39, 0.29) is 5.41 Å². The molecule has 42 heavy (non-hydrogen) atoms. The van der Waals surface area contributed by atoms with Gasteiger partial charge in [-0.05, 0) is 84.7 Å². The quantitative estimate of drug-likeness (QED) is 0.176. The third-order valence-corrected chi connectivity index (χ3v) is 7.50. The molecule has 0 unspecified atom stereocenters. The molecule has 6 rings (SSSR count). The SMILES string of the molecule is CC.CC.CC.CC.CC=C1c2cc(C)ccc2-c2ccc(C)cc21.Cc1ccc2c(c1)C(C)(C)c1cc(C)ccc1-2. The lowest BCUT2D eigenvalue weighted by atomic mass is 9.81. The molecule has 0 amide bonds. The first kappa shape index (κ1) is 36.6. The van der Waals surface area contributed by atoms with Crippen LogP contribution in [0.3, 0.4) is 0 Å². The first-order valence-electron chi connectivity index (χ1n) is 16.3. The summed E-state index contributed by atoms with van der Waals surface area (Å²) in [6.07, 6.45) is 2.23. The van der Waals surface area contributed by atoms with E-state index in [1.807, 2.05) is 55.4 Å². The van der Waals surface area contributed by atoms with Crippen LogP contribution in [0, 0.1) is 27.7 Å². The highest BCUT2D eigenvalue weighted by molar-refractivity contribution is 6.01. The van der Waals surface area contributed by atoms with Crippen molar-refractivity contribution < 1.29 is 0 Å². The molecule has 0 saturated heterocycles. The summed E-state index contributed by atoms with van der Waals surface area (Å²) in [5.74, 6) is 0. The van der Waals surface area contributed by atoms with Crippen molar-refractivity contribution in [3.8, 4) is 22.3 Å². The Balaban J connectivity index is 0.000000340. The Kier molecular flexibility index (Phi) is 14.8. The second-order valence-electron chi connectivity index (χ2n) is 10.5. The Morgan fingerprint density at radius 1 is 0.405 bits per heavy atom. The minimum atomic E-state index is 0.142. The van der Waals surface area contributed by atoms with E-state index in [9.17, 15) is 0 Å². The lowest BCUT2D eigenvalue weighted by molar-refractivity contribution is 0.659. The average Bonchev–Trinajstić information content (AvgIpc) is 3.44. The third kappa shape index (κ3) is 7.52. The number of hydrogen-bond acceptors (Lipinski definition) is 0. The van der Waals surface area contributed by atoms with Crippen molar-refractivity contribution in [3.63, 3.8) is 0 Å². The number of aryl methyl sites for hydroxylation is 4. The molecule has 2 aliphatic rings. The van der Waals surface area contributed by atoms with Gasteiger partial charge < -0.3 is 0 Å². The maximum Gasteiger partial charge on any atom is 0.0159 e. The predicted molar refractivity (Wildman–Crippen MR) is 193 cm³/mol. The molecule has 4 aromatic rings. The van der Waals surface area contributed by atoms with Gasteiger partial charge in [-0.2, -0.15) is 0 Å². The molecular formula is C42H58. The summed E-state index contributed by atoms with van der Waals surface area (Å²) >= 11 is 0. The fourth-order valence-corrected chi connectivity index (χ4v) is 5.65. The van der Waals surface area contributed by atoms with Crippen LogP contribution in [0.5, 0.6) is 0 Å². The standard InChI is InChI=1S/C17H18.C17H16.4C2H6/c1-11-5-7-13-14-8-6-12(2)10-16(14)17(3,4)15(13)9-11;1-4-13-16-9-11(2)5-7-14(16)15-8-6-12(3)10-17(13)15;4*1-2/h5-10H,1-4H3;4-10H,1-3H3;4*1-2H3. The molecule has 0 saturated carbocycles. The van der Waals surface area contributed by atoms with Crippen LogP contribution >= 0.6 is 0 Å². The van der Waals surface area contributed by atoms with Crippen LogP contribution in [0.4, 0.5) is 0 Å². The van der Waals surface area contributed by atoms with Gasteiger partial charge in [0.2, 0.25) is 0 Å². The number of allylic oxidation sites excluding steroid dienone is 1. The third-order valence-electron chi connectivity index (χ3n) is 7.50. The van der Waals surface area contributed by atoms with Crippen LogP contribution < -0.4 is 0 Å². The molecule has 0 aliphatic heterocycles. The van der Waals surface area contributed by atoms with Gasteiger partial charge in [0.25, 0.3) is 0 Å². The number of fused-ring (bicyclic) bond motifs is 6. The molecule has 2 aliphatic carbocycles. The normalized spacial score (nSPS) is 11.8. The minimum absolute atomic E-state index is 0.142. The Morgan fingerprint density at radius 3 is 1.00 bits per heavy atom. The van der Waals surface area contributed by atoms with Gasteiger partial charge in [-0.1, -0.05) is 170 Å². The fourth-order valence-electron chi connectivity index (χ4n) is 5.65. The molecule has 0 heteroatoms. The molecule has 0 N–H and O–H groups in total. The van der Waals surface area contributed by atoms with Gasteiger partial charge in [-0.15, -0.1) is 0 Å². The van der Waals surface area contributed by atoms with Gasteiger partial charge in [-0.25, -0.2) is 0 Å². The van der Waals surface area contributed by atoms with Gasteiger partial charge in [0.15, 0.2) is 0 Å². The van der Waals surface area contributed by atoms with Gasteiger partial charge in [-0.3, -0.25) is 0 Å². The van der Waals surface area contributed by atoms with Crippen molar-refractivity contribution in [2.24, 2.45) is 0 Å². The highest BCUT2D eigenvalue weighted by Gasteiger charge is 2.35. The highest BCUT2D eigenvalue weighted by atomic mass is 14.4. The smallest absolute Gasteiger partial charge is 0.0159 e. The van der Waals surface area contributed by atoms with E-state index in [4.69, 9.17) is 0 Å². The number of benzene rings is 4. The summed E-state index contributed by atoms with van der Waals surface area (Å²) in [6, 6.07) is 27.1. The Bertz CT molecular complexity index is 1350. The van der Waals surface area contributed by atoms with Crippen molar-refractivity contribution in [1.29, 1.82) is 0 Å². The molecule has 226 valence electrons. The summed E-state index contributed by atoms with van der Waals surface area (Å²) in [5, 5.41) is 0. The minimum Gasteiger partial charge on any atom is -0.0791 e. The maximum atomic E-state index is 2.34. The Morgan fingerprint density at radius 2 is 0.690 bits per heavy atom. The maximum absolute atomic E-state index is 2.34. The van der Waals surface area contributed by atoms with E-state index in [2.05, 4.69) is 127 Å². The molecular weight excluding hydrogens is 504 g/mol. The largest absolute Gasteiger partial charge is 0.0791 e. The monoisotopic (exact) mass is 562 g/mol.